The van der Waals surface area contributed by atoms with Crippen LogP contribution in [0.5, 0.6) is 0 Å². The molecule has 0 spiro atoms. The zero-order chi connectivity index (χ0) is 6.53. The van der Waals surface area contributed by atoms with Crippen LogP contribution in [0, 0.1) is 0 Å². The first-order valence-electron chi connectivity index (χ1n) is 3.15. The monoisotopic (exact) mass is 132 g/mol. The molecule has 1 atom stereocenters. The average molecular weight is 132 g/mol. The molecule has 0 bridgehead atoms. The van der Waals surface area contributed by atoms with Gasteiger partial charge in [0, 0.05) is 20.1 Å². The number of hydrogen-bond acceptors (Lipinski definition) is 3. The lowest BCUT2D eigenvalue weighted by atomic mass is 10.4. The van der Waals surface area contributed by atoms with Gasteiger partial charge in [-0.1, -0.05) is 0 Å². The number of methoxy groups -OCH3 is 1. The van der Waals surface area contributed by atoms with Crippen LogP contribution in [0.1, 0.15) is 12.8 Å². The van der Waals surface area contributed by atoms with Crippen LogP contribution in [0.25, 0.3) is 0 Å². The Morgan fingerprint density at radius 3 is 3.11 bits per heavy atom. The van der Waals surface area contributed by atoms with E-state index >= 15 is 0 Å². The molecule has 0 saturated carbocycles. The van der Waals surface area contributed by atoms with Crippen LogP contribution in [-0.4, -0.2) is 26.8 Å². The Hall–Kier alpha value is -0.120. The summed E-state index contributed by atoms with van der Waals surface area (Å²) in [6.07, 6.45) is 2.10. The molecule has 1 unspecified atom stereocenters. The van der Waals surface area contributed by atoms with Gasteiger partial charge >= 0.3 is 0 Å². The van der Waals surface area contributed by atoms with Gasteiger partial charge < -0.3 is 14.2 Å². The minimum absolute atomic E-state index is 0.00931. The summed E-state index contributed by atoms with van der Waals surface area (Å²) in [6, 6.07) is 0. The molecule has 0 aromatic carbocycles. The normalized spacial score (nSPS) is 27.0. The first-order valence-corrected chi connectivity index (χ1v) is 3.15. The van der Waals surface area contributed by atoms with Crippen molar-refractivity contribution < 1.29 is 14.2 Å². The van der Waals surface area contributed by atoms with Crippen LogP contribution in [-0.2, 0) is 14.2 Å². The van der Waals surface area contributed by atoms with Gasteiger partial charge in [-0.05, 0) is 6.42 Å². The summed E-state index contributed by atoms with van der Waals surface area (Å²) in [5, 5.41) is 0. The third kappa shape index (κ3) is 2.30. The molecule has 1 saturated heterocycles. The highest BCUT2D eigenvalue weighted by Gasteiger charge is 2.14. The van der Waals surface area contributed by atoms with E-state index in [9.17, 15) is 0 Å². The third-order valence-corrected chi connectivity index (χ3v) is 1.26. The molecule has 0 aliphatic carbocycles. The highest BCUT2D eigenvalue weighted by Crippen LogP contribution is 2.12. The fourth-order valence-electron chi connectivity index (χ4n) is 0.823. The second kappa shape index (κ2) is 3.82. The maximum atomic E-state index is 5.15. The Bertz CT molecular complexity index is 68.7. The van der Waals surface area contributed by atoms with E-state index in [1.54, 1.807) is 7.11 Å². The summed E-state index contributed by atoms with van der Waals surface area (Å²) in [5.74, 6) is 0. The third-order valence-electron chi connectivity index (χ3n) is 1.26. The summed E-state index contributed by atoms with van der Waals surface area (Å²) in [6.45, 7) is 1.17. The van der Waals surface area contributed by atoms with Gasteiger partial charge in [-0.25, -0.2) is 0 Å². The first kappa shape index (κ1) is 6.99. The van der Waals surface area contributed by atoms with Crippen molar-refractivity contribution in [1.82, 2.24) is 0 Å². The smallest absolute Gasteiger partial charge is 0.160 e. The van der Waals surface area contributed by atoms with Crippen LogP contribution in [0.3, 0.4) is 0 Å². The average Bonchev–Trinajstić information content (AvgIpc) is 2.34. The van der Waals surface area contributed by atoms with Crippen LogP contribution in [0.15, 0.2) is 0 Å². The van der Waals surface area contributed by atoms with Crippen LogP contribution in [0.4, 0.5) is 0 Å². The predicted octanol–water partition coefficient (Wildman–Crippen LogP) is 0.743. The first-order chi connectivity index (χ1) is 4.43. The molecule has 1 heterocycles. The Balaban J connectivity index is 1.98. The SMILES string of the molecule is COCOC1CCCO1. The van der Waals surface area contributed by atoms with E-state index < -0.39 is 0 Å². The van der Waals surface area contributed by atoms with E-state index in [0.29, 0.717) is 6.79 Å². The fourth-order valence-corrected chi connectivity index (χ4v) is 0.823. The Morgan fingerprint density at radius 2 is 2.56 bits per heavy atom. The van der Waals surface area contributed by atoms with Gasteiger partial charge in [-0.3, -0.25) is 0 Å². The molecule has 0 radical (unpaired) electrons. The highest BCUT2D eigenvalue weighted by molar-refractivity contribution is 4.52. The highest BCUT2D eigenvalue weighted by atomic mass is 16.7. The Kier molecular flexibility index (Phi) is 2.97. The van der Waals surface area contributed by atoms with Gasteiger partial charge in [0.15, 0.2) is 6.29 Å². The molecule has 0 aromatic rings. The lowest BCUT2D eigenvalue weighted by molar-refractivity contribution is -0.166. The minimum Gasteiger partial charge on any atom is -0.359 e. The van der Waals surface area contributed by atoms with Crippen LogP contribution >= 0.6 is 0 Å². The van der Waals surface area contributed by atoms with Gasteiger partial charge in [-0.15, -0.1) is 0 Å². The molecule has 0 amide bonds. The van der Waals surface area contributed by atoms with Crippen molar-refractivity contribution in [3.05, 3.63) is 0 Å². The lowest BCUT2D eigenvalue weighted by Crippen LogP contribution is -2.11. The van der Waals surface area contributed by atoms with Crippen molar-refractivity contribution in [2.75, 3.05) is 20.5 Å². The quantitative estimate of drug-likeness (QED) is 0.530. The molecule has 1 fully saturated rings. The molecule has 0 aromatic heterocycles. The molecule has 1 aliphatic heterocycles. The van der Waals surface area contributed by atoms with Gasteiger partial charge in [0.1, 0.15) is 6.79 Å². The molecular weight excluding hydrogens is 120 g/mol. The maximum Gasteiger partial charge on any atom is 0.160 e. The molecule has 3 nitrogen and oxygen atoms in total. The standard InChI is InChI=1S/C6H12O3/c1-7-5-9-6-3-2-4-8-6/h6H,2-5H2,1H3. The molecule has 54 valence electrons. The molecule has 1 aliphatic rings. The van der Waals surface area contributed by atoms with Crippen molar-refractivity contribution in [3.63, 3.8) is 0 Å². The zero-order valence-corrected chi connectivity index (χ0v) is 5.63. The fraction of sp³-hybridized carbons (Fsp3) is 1.00. The van der Waals surface area contributed by atoms with Gasteiger partial charge in [0.2, 0.25) is 0 Å². The van der Waals surface area contributed by atoms with Gasteiger partial charge in [0.05, 0.1) is 0 Å². The maximum absolute atomic E-state index is 5.15. The summed E-state index contributed by atoms with van der Waals surface area (Å²) in [4.78, 5) is 0. The molecule has 3 heteroatoms. The minimum atomic E-state index is -0.00931. The summed E-state index contributed by atoms with van der Waals surface area (Å²) in [5.41, 5.74) is 0. The van der Waals surface area contributed by atoms with Crippen molar-refractivity contribution in [2.24, 2.45) is 0 Å². The van der Waals surface area contributed by atoms with Crippen molar-refractivity contribution in [3.8, 4) is 0 Å². The van der Waals surface area contributed by atoms with Crippen molar-refractivity contribution in [1.29, 1.82) is 0 Å². The van der Waals surface area contributed by atoms with E-state index in [-0.39, 0.29) is 6.29 Å². The second-order valence-corrected chi connectivity index (χ2v) is 2.02. The van der Waals surface area contributed by atoms with E-state index in [4.69, 9.17) is 14.2 Å². The Morgan fingerprint density at radius 1 is 1.67 bits per heavy atom. The lowest BCUT2D eigenvalue weighted by Gasteiger charge is -2.08. The largest absolute Gasteiger partial charge is 0.359 e. The van der Waals surface area contributed by atoms with Crippen molar-refractivity contribution in [2.45, 2.75) is 19.1 Å². The van der Waals surface area contributed by atoms with E-state index in [1.165, 1.54) is 0 Å². The van der Waals surface area contributed by atoms with Gasteiger partial charge in [0.25, 0.3) is 0 Å². The predicted molar refractivity (Wildman–Crippen MR) is 31.9 cm³/mol. The Labute approximate surface area is 54.9 Å². The van der Waals surface area contributed by atoms with Crippen LogP contribution in [0.2, 0.25) is 0 Å². The summed E-state index contributed by atoms with van der Waals surface area (Å²) in [7, 11) is 1.61. The van der Waals surface area contributed by atoms with E-state index in [1.807, 2.05) is 0 Å². The zero-order valence-electron chi connectivity index (χ0n) is 5.63. The van der Waals surface area contributed by atoms with Crippen LogP contribution < -0.4 is 0 Å². The topological polar surface area (TPSA) is 27.7 Å². The van der Waals surface area contributed by atoms with Gasteiger partial charge in [-0.2, -0.15) is 0 Å². The molecule has 0 N–H and O–H groups in total. The molecule has 9 heavy (non-hydrogen) atoms. The van der Waals surface area contributed by atoms with E-state index in [2.05, 4.69) is 0 Å². The second-order valence-electron chi connectivity index (χ2n) is 2.02. The number of hydrogen-bond donors (Lipinski definition) is 0. The summed E-state index contributed by atoms with van der Waals surface area (Å²) < 4.78 is 15.0. The van der Waals surface area contributed by atoms with Crippen molar-refractivity contribution >= 4 is 0 Å². The number of rotatable bonds is 3. The molecular formula is C6H12O3. The number of ether oxygens (including phenoxy) is 3. The van der Waals surface area contributed by atoms with E-state index in [0.717, 1.165) is 19.4 Å². The molecule has 1 rings (SSSR count). The summed E-state index contributed by atoms with van der Waals surface area (Å²) >= 11 is 0.